The lowest BCUT2D eigenvalue weighted by Crippen LogP contribution is -2.38. The van der Waals surface area contributed by atoms with Crippen LogP contribution >= 0.6 is 24.0 Å². The van der Waals surface area contributed by atoms with E-state index in [0.29, 0.717) is 18.4 Å². The van der Waals surface area contributed by atoms with Crippen LogP contribution in [0, 0.1) is 6.92 Å². The average molecular weight is 516 g/mol. The first kappa shape index (κ1) is 24.4. The Kier molecular flexibility index (Phi) is 9.91. The van der Waals surface area contributed by atoms with E-state index >= 15 is 0 Å². The predicted octanol–water partition coefficient (Wildman–Crippen LogP) is 2.99. The van der Waals surface area contributed by atoms with E-state index in [1.165, 1.54) is 18.2 Å². The van der Waals surface area contributed by atoms with Gasteiger partial charge < -0.3 is 10.6 Å². The number of halogens is 1. The van der Waals surface area contributed by atoms with Crippen molar-refractivity contribution in [3.63, 3.8) is 0 Å². The Hall–Kier alpha value is -1.65. The summed E-state index contributed by atoms with van der Waals surface area (Å²) in [7, 11) is -0.273. The number of guanidine groups is 1. The summed E-state index contributed by atoms with van der Waals surface area (Å²) >= 11 is 0. The van der Waals surface area contributed by atoms with Crippen LogP contribution in [0.25, 0.3) is 0 Å². The van der Waals surface area contributed by atoms with E-state index in [2.05, 4.69) is 58.5 Å². The highest BCUT2D eigenvalue weighted by molar-refractivity contribution is 14.0. The zero-order chi connectivity index (χ0) is 19.9. The molecule has 1 unspecified atom stereocenters. The van der Waals surface area contributed by atoms with E-state index < -0.39 is 10.0 Å². The van der Waals surface area contributed by atoms with Crippen LogP contribution in [-0.4, -0.2) is 35.0 Å². The Morgan fingerprint density at radius 2 is 1.64 bits per heavy atom. The monoisotopic (exact) mass is 516 g/mol. The molecule has 0 aromatic heterocycles. The molecule has 2 aromatic rings. The van der Waals surface area contributed by atoms with Gasteiger partial charge in [0, 0.05) is 20.1 Å². The number of sulfonamides is 1. The molecule has 1 atom stereocenters. The molecule has 0 bridgehead atoms. The molecule has 0 aliphatic rings. The molecule has 0 saturated heterocycles. The van der Waals surface area contributed by atoms with E-state index in [9.17, 15) is 8.42 Å². The van der Waals surface area contributed by atoms with E-state index in [4.69, 9.17) is 0 Å². The summed E-state index contributed by atoms with van der Waals surface area (Å²) in [5.41, 5.74) is 3.51. The van der Waals surface area contributed by atoms with Gasteiger partial charge in [-0.25, -0.2) is 13.1 Å². The topological polar surface area (TPSA) is 82.6 Å². The SMILES string of the molecule is CN=C(NCc1ccc(S(=O)(=O)NC)cc1)NCC(C)c1ccc(C)cc1.I. The van der Waals surface area contributed by atoms with Gasteiger partial charge in [0.2, 0.25) is 10.0 Å². The van der Waals surface area contributed by atoms with Crippen molar-refractivity contribution >= 4 is 40.0 Å². The van der Waals surface area contributed by atoms with Crippen molar-refractivity contribution in [1.29, 1.82) is 0 Å². The summed E-state index contributed by atoms with van der Waals surface area (Å²) in [5, 5.41) is 6.58. The van der Waals surface area contributed by atoms with Gasteiger partial charge in [-0.05, 0) is 43.1 Å². The molecule has 28 heavy (non-hydrogen) atoms. The quantitative estimate of drug-likeness (QED) is 0.300. The Bertz CT molecular complexity index is 866. The molecule has 8 heteroatoms. The van der Waals surface area contributed by atoms with E-state index in [1.54, 1.807) is 31.3 Å². The largest absolute Gasteiger partial charge is 0.356 e. The molecule has 154 valence electrons. The third-order valence-corrected chi connectivity index (χ3v) is 5.84. The fraction of sp³-hybridized carbons (Fsp3) is 0.350. The molecule has 0 aliphatic heterocycles. The lowest BCUT2D eigenvalue weighted by Gasteiger charge is -2.16. The van der Waals surface area contributed by atoms with Gasteiger partial charge in [0.15, 0.2) is 5.96 Å². The van der Waals surface area contributed by atoms with Gasteiger partial charge in [-0.2, -0.15) is 0 Å². The molecule has 2 aromatic carbocycles. The Morgan fingerprint density at radius 1 is 1.04 bits per heavy atom. The number of nitrogens with one attached hydrogen (secondary N) is 3. The van der Waals surface area contributed by atoms with Crippen LogP contribution < -0.4 is 15.4 Å². The van der Waals surface area contributed by atoms with Crippen molar-refractivity contribution in [3.8, 4) is 0 Å². The summed E-state index contributed by atoms with van der Waals surface area (Å²) < 4.78 is 25.8. The predicted molar refractivity (Wildman–Crippen MR) is 126 cm³/mol. The third kappa shape index (κ3) is 7.06. The van der Waals surface area contributed by atoms with Crippen molar-refractivity contribution in [2.75, 3.05) is 20.6 Å². The maximum absolute atomic E-state index is 11.8. The van der Waals surface area contributed by atoms with Gasteiger partial charge in [-0.1, -0.05) is 48.9 Å². The summed E-state index contributed by atoms with van der Waals surface area (Å²) in [5.74, 6) is 1.07. The number of rotatable bonds is 7. The lowest BCUT2D eigenvalue weighted by atomic mass is 10.0. The maximum Gasteiger partial charge on any atom is 0.240 e. The fourth-order valence-electron chi connectivity index (χ4n) is 2.57. The molecular weight excluding hydrogens is 487 g/mol. The first-order valence-electron chi connectivity index (χ1n) is 8.89. The standard InChI is InChI=1S/C20H28N4O2S.HI/c1-15-5-9-18(10-6-15)16(2)13-23-20(21-3)24-14-17-7-11-19(12-8-17)27(25,26)22-4;/h5-12,16,22H,13-14H2,1-4H3,(H2,21,23,24);1H. The molecule has 0 saturated carbocycles. The summed E-state index contributed by atoms with van der Waals surface area (Å²) in [6.45, 7) is 5.58. The summed E-state index contributed by atoms with van der Waals surface area (Å²) in [6, 6.07) is 15.3. The van der Waals surface area contributed by atoms with Crippen LogP contribution in [0.1, 0.15) is 29.5 Å². The minimum atomic E-state index is -3.40. The van der Waals surface area contributed by atoms with Crippen LogP contribution in [0.4, 0.5) is 0 Å². The highest BCUT2D eigenvalue weighted by Crippen LogP contribution is 2.14. The highest BCUT2D eigenvalue weighted by atomic mass is 127. The number of aliphatic imine (C=N–C) groups is 1. The van der Waals surface area contributed by atoms with Crippen molar-refractivity contribution < 1.29 is 8.42 Å². The van der Waals surface area contributed by atoms with E-state index in [0.717, 1.165) is 12.1 Å². The second kappa shape index (κ2) is 11.4. The molecule has 2 rings (SSSR count). The Labute approximate surface area is 185 Å². The number of benzene rings is 2. The second-order valence-corrected chi connectivity index (χ2v) is 8.36. The van der Waals surface area contributed by atoms with Crippen LogP contribution in [0.3, 0.4) is 0 Å². The second-order valence-electron chi connectivity index (χ2n) is 6.47. The van der Waals surface area contributed by atoms with Crippen LogP contribution in [0.5, 0.6) is 0 Å². The van der Waals surface area contributed by atoms with Gasteiger partial charge >= 0.3 is 0 Å². The first-order valence-corrected chi connectivity index (χ1v) is 10.4. The van der Waals surface area contributed by atoms with Crippen molar-refractivity contribution in [2.24, 2.45) is 4.99 Å². The summed E-state index contributed by atoms with van der Waals surface area (Å²) in [6.07, 6.45) is 0. The fourth-order valence-corrected chi connectivity index (χ4v) is 3.30. The molecule has 0 spiro atoms. The van der Waals surface area contributed by atoms with Gasteiger partial charge in [0.25, 0.3) is 0 Å². The Morgan fingerprint density at radius 3 is 2.18 bits per heavy atom. The molecule has 0 radical (unpaired) electrons. The Balaban J connectivity index is 0.00000392. The lowest BCUT2D eigenvalue weighted by molar-refractivity contribution is 0.588. The molecule has 3 N–H and O–H groups in total. The normalized spacial score (nSPS) is 12.8. The zero-order valence-corrected chi connectivity index (χ0v) is 19.8. The number of nitrogens with zero attached hydrogens (tertiary/aromatic N) is 1. The van der Waals surface area contributed by atoms with Gasteiger partial charge in [-0.3, -0.25) is 4.99 Å². The maximum atomic E-state index is 11.8. The molecule has 0 aliphatic carbocycles. The molecule has 0 amide bonds. The van der Waals surface area contributed by atoms with Crippen LogP contribution in [-0.2, 0) is 16.6 Å². The zero-order valence-electron chi connectivity index (χ0n) is 16.7. The molecule has 6 nitrogen and oxygen atoms in total. The van der Waals surface area contributed by atoms with E-state index in [-0.39, 0.29) is 28.9 Å². The van der Waals surface area contributed by atoms with Gasteiger partial charge in [-0.15, -0.1) is 24.0 Å². The number of hydrogen-bond donors (Lipinski definition) is 3. The van der Waals surface area contributed by atoms with Crippen molar-refractivity contribution in [1.82, 2.24) is 15.4 Å². The average Bonchev–Trinajstić information content (AvgIpc) is 2.68. The minimum Gasteiger partial charge on any atom is -0.356 e. The van der Waals surface area contributed by atoms with Crippen molar-refractivity contribution in [3.05, 3.63) is 65.2 Å². The highest BCUT2D eigenvalue weighted by Gasteiger charge is 2.10. The third-order valence-electron chi connectivity index (χ3n) is 4.41. The minimum absolute atomic E-state index is 0. The van der Waals surface area contributed by atoms with E-state index in [1.807, 2.05) is 0 Å². The number of hydrogen-bond acceptors (Lipinski definition) is 3. The van der Waals surface area contributed by atoms with Crippen LogP contribution in [0.15, 0.2) is 58.4 Å². The number of aryl methyl sites for hydroxylation is 1. The first-order chi connectivity index (χ1) is 12.9. The van der Waals surface area contributed by atoms with Gasteiger partial charge in [0.05, 0.1) is 4.90 Å². The molecule has 0 heterocycles. The van der Waals surface area contributed by atoms with Gasteiger partial charge in [0.1, 0.15) is 0 Å². The molecular formula is C20H29IN4O2S. The van der Waals surface area contributed by atoms with Crippen LogP contribution in [0.2, 0.25) is 0 Å². The summed E-state index contributed by atoms with van der Waals surface area (Å²) in [4.78, 5) is 4.49. The smallest absolute Gasteiger partial charge is 0.240 e. The van der Waals surface area contributed by atoms with Crippen molar-refractivity contribution in [2.45, 2.75) is 31.2 Å². The molecule has 0 fully saturated rings.